The molecule has 0 saturated carbocycles. The molecule has 0 N–H and O–H groups in total. The van der Waals surface area contributed by atoms with Crippen molar-refractivity contribution in [3.05, 3.63) is 52.6 Å². The van der Waals surface area contributed by atoms with E-state index in [-0.39, 0.29) is 17.8 Å². The highest BCUT2D eigenvalue weighted by Crippen LogP contribution is 2.26. The Hall–Kier alpha value is -2.29. The molecule has 1 saturated heterocycles. The van der Waals surface area contributed by atoms with Gasteiger partial charge in [0.25, 0.3) is 5.91 Å². The fraction of sp³-hybridized carbons (Fsp3) is 0.294. The van der Waals surface area contributed by atoms with Gasteiger partial charge >= 0.3 is 6.36 Å². The van der Waals surface area contributed by atoms with Crippen LogP contribution in [-0.4, -0.2) is 41.3 Å². The molecule has 1 fully saturated rings. The summed E-state index contributed by atoms with van der Waals surface area (Å²) in [6, 6.07) is 8.45. The van der Waals surface area contributed by atoms with Gasteiger partial charge in [-0.05, 0) is 52.3 Å². The zero-order valence-corrected chi connectivity index (χ0v) is 15.0. The lowest BCUT2D eigenvalue weighted by molar-refractivity contribution is -0.274. The molecule has 2 aromatic rings. The van der Waals surface area contributed by atoms with Gasteiger partial charge in [0.1, 0.15) is 11.9 Å². The van der Waals surface area contributed by atoms with Crippen LogP contribution in [0.3, 0.4) is 0 Å². The summed E-state index contributed by atoms with van der Waals surface area (Å²) >= 11 is 3.35. The molecule has 1 aromatic carbocycles. The van der Waals surface area contributed by atoms with Gasteiger partial charge in [0.05, 0.1) is 11.0 Å². The third-order valence-electron chi connectivity index (χ3n) is 3.77. The third-order valence-corrected chi connectivity index (χ3v) is 4.37. The van der Waals surface area contributed by atoms with Gasteiger partial charge in [-0.25, -0.2) is 4.98 Å². The highest BCUT2D eigenvalue weighted by atomic mass is 79.9. The molecule has 9 heteroatoms. The minimum absolute atomic E-state index is 0.196. The number of benzene rings is 1. The summed E-state index contributed by atoms with van der Waals surface area (Å²) < 4.78 is 46.9. The molecule has 5 nitrogen and oxygen atoms in total. The Bertz CT molecular complexity index is 784. The summed E-state index contributed by atoms with van der Waals surface area (Å²) in [5.74, 6) is -0.174. The highest BCUT2D eigenvalue weighted by molar-refractivity contribution is 9.10. The first-order chi connectivity index (χ1) is 12.3. The average molecular weight is 431 g/mol. The first-order valence-corrected chi connectivity index (χ1v) is 8.53. The van der Waals surface area contributed by atoms with E-state index >= 15 is 0 Å². The minimum atomic E-state index is -4.76. The first kappa shape index (κ1) is 18.5. The smallest absolute Gasteiger partial charge is 0.472 e. The van der Waals surface area contributed by atoms with Gasteiger partial charge in [-0.15, -0.1) is 13.2 Å². The van der Waals surface area contributed by atoms with Gasteiger partial charge in [-0.2, -0.15) is 0 Å². The number of likely N-dealkylation sites (tertiary alicyclic amines) is 1. The molecule has 138 valence electrons. The Morgan fingerprint density at radius 2 is 1.96 bits per heavy atom. The fourth-order valence-electron chi connectivity index (χ4n) is 2.61. The van der Waals surface area contributed by atoms with Crippen LogP contribution in [0.1, 0.15) is 16.8 Å². The Morgan fingerprint density at radius 1 is 1.23 bits per heavy atom. The molecule has 1 aliphatic rings. The Labute approximate surface area is 155 Å². The number of pyridine rings is 1. The van der Waals surface area contributed by atoms with E-state index in [0.29, 0.717) is 31.0 Å². The average Bonchev–Trinajstić information content (AvgIpc) is 3.04. The molecule has 0 radical (unpaired) electrons. The molecule has 1 atom stereocenters. The number of hydrogen-bond donors (Lipinski definition) is 0. The van der Waals surface area contributed by atoms with E-state index in [1.807, 2.05) is 6.07 Å². The number of ether oxygens (including phenoxy) is 2. The number of rotatable bonds is 4. The van der Waals surface area contributed by atoms with E-state index in [4.69, 9.17) is 4.74 Å². The number of alkyl halides is 3. The second-order valence-corrected chi connectivity index (χ2v) is 6.50. The van der Waals surface area contributed by atoms with Gasteiger partial charge < -0.3 is 14.4 Å². The number of amides is 1. The third kappa shape index (κ3) is 4.66. The molecule has 26 heavy (non-hydrogen) atoms. The number of carbonyl (C=O) groups excluding carboxylic acids is 1. The van der Waals surface area contributed by atoms with E-state index in [0.717, 1.165) is 16.6 Å². The normalized spacial score (nSPS) is 17.2. The summed E-state index contributed by atoms with van der Waals surface area (Å²) in [6.07, 6.45) is -2.70. The summed E-state index contributed by atoms with van der Waals surface area (Å²) in [6.45, 7) is 0.872. The number of hydrogen-bond acceptors (Lipinski definition) is 4. The molecule has 1 aliphatic heterocycles. The van der Waals surface area contributed by atoms with Crippen molar-refractivity contribution >= 4 is 21.8 Å². The minimum Gasteiger partial charge on any atom is -0.472 e. The lowest BCUT2D eigenvalue weighted by atomic mass is 10.2. The van der Waals surface area contributed by atoms with Crippen LogP contribution in [0.5, 0.6) is 11.6 Å². The standard InChI is InChI=1S/C17H14BrF3N2O3/c18-14-2-1-8-22-15(14)25-13-7-9-23(10-13)16(24)11-3-5-12(6-4-11)26-17(19,20)21/h1-6,8,13H,7,9-10H2. The van der Waals surface area contributed by atoms with Crippen molar-refractivity contribution in [3.8, 4) is 11.6 Å². The quantitative estimate of drug-likeness (QED) is 0.734. The summed E-state index contributed by atoms with van der Waals surface area (Å²) in [7, 11) is 0. The van der Waals surface area contributed by atoms with E-state index in [1.54, 1.807) is 17.2 Å². The molecule has 1 aromatic heterocycles. The van der Waals surface area contributed by atoms with Crippen LogP contribution >= 0.6 is 15.9 Å². The zero-order chi connectivity index (χ0) is 18.7. The Balaban J connectivity index is 1.60. The zero-order valence-electron chi connectivity index (χ0n) is 13.4. The number of carbonyl (C=O) groups is 1. The summed E-state index contributed by atoms with van der Waals surface area (Å²) in [5.41, 5.74) is 0.291. The van der Waals surface area contributed by atoms with Crippen molar-refractivity contribution in [1.29, 1.82) is 0 Å². The van der Waals surface area contributed by atoms with Crippen LogP contribution in [0.4, 0.5) is 13.2 Å². The topological polar surface area (TPSA) is 51.7 Å². The van der Waals surface area contributed by atoms with Crippen molar-refractivity contribution in [2.24, 2.45) is 0 Å². The predicted molar refractivity (Wildman–Crippen MR) is 90.0 cm³/mol. The predicted octanol–water partition coefficient (Wildman–Crippen LogP) is 4.04. The van der Waals surface area contributed by atoms with Crippen LogP contribution in [-0.2, 0) is 0 Å². The van der Waals surface area contributed by atoms with Gasteiger partial charge in [0.2, 0.25) is 5.88 Å². The van der Waals surface area contributed by atoms with Crippen molar-refractivity contribution in [1.82, 2.24) is 9.88 Å². The van der Waals surface area contributed by atoms with E-state index in [1.165, 1.54) is 12.1 Å². The summed E-state index contributed by atoms with van der Waals surface area (Å²) in [4.78, 5) is 18.2. The SMILES string of the molecule is O=C(c1ccc(OC(F)(F)F)cc1)N1CCC(Oc2ncccc2Br)C1. The molecule has 2 heterocycles. The number of nitrogens with zero attached hydrogens (tertiary/aromatic N) is 2. The molecule has 1 unspecified atom stereocenters. The van der Waals surface area contributed by atoms with Crippen LogP contribution < -0.4 is 9.47 Å². The maximum atomic E-state index is 12.5. The number of halogens is 4. The van der Waals surface area contributed by atoms with E-state index in [9.17, 15) is 18.0 Å². The maximum absolute atomic E-state index is 12.5. The Kier molecular flexibility index (Phi) is 5.36. The second-order valence-electron chi connectivity index (χ2n) is 5.64. The largest absolute Gasteiger partial charge is 0.573 e. The molecular weight excluding hydrogens is 417 g/mol. The van der Waals surface area contributed by atoms with E-state index in [2.05, 4.69) is 25.7 Å². The summed E-state index contributed by atoms with van der Waals surface area (Å²) in [5, 5.41) is 0. The van der Waals surface area contributed by atoms with Gasteiger partial charge in [-0.3, -0.25) is 4.79 Å². The van der Waals surface area contributed by atoms with Crippen molar-refractivity contribution in [2.75, 3.05) is 13.1 Å². The lowest BCUT2D eigenvalue weighted by Crippen LogP contribution is -2.31. The van der Waals surface area contributed by atoms with Crippen LogP contribution in [0.2, 0.25) is 0 Å². The fourth-order valence-corrected chi connectivity index (χ4v) is 2.95. The van der Waals surface area contributed by atoms with Crippen LogP contribution in [0.25, 0.3) is 0 Å². The van der Waals surface area contributed by atoms with Crippen LogP contribution in [0.15, 0.2) is 47.1 Å². The molecule has 1 amide bonds. The van der Waals surface area contributed by atoms with Gasteiger partial charge in [-0.1, -0.05) is 0 Å². The van der Waals surface area contributed by atoms with Gasteiger partial charge in [0, 0.05) is 24.7 Å². The van der Waals surface area contributed by atoms with Crippen molar-refractivity contribution in [3.63, 3.8) is 0 Å². The number of aromatic nitrogens is 1. The maximum Gasteiger partial charge on any atom is 0.573 e. The van der Waals surface area contributed by atoms with E-state index < -0.39 is 6.36 Å². The van der Waals surface area contributed by atoms with Crippen molar-refractivity contribution in [2.45, 2.75) is 18.9 Å². The molecule has 0 bridgehead atoms. The lowest BCUT2D eigenvalue weighted by Gasteiger charge is -2.17. The first-order valence-electron chi connectivity index (χ1n) is 7.74. The molecular formula is C17H14BrF3N2O3. The Morgan fingerprint density at radius 3 is 2.62 bits per heavy atom. The van der Waals surface area contributed by atoms with Crippen LogP contribution in [0, 0.1) is 0 Å². The second kappa shape index (κ2) is 7.53. The molecule has 0 aliphatic carbocycles. The highest BCUT2D eigenvalue weighted by Gasteiger charge is 2.32. The van der Waals surface area contributed by atoms with Gasteiger partial charge in [0.15, 0.2) is 0 Å². The molecule has 0 spiro atoms. The van der Waals surface area contributed by atoms with Crippen molar-refractivity contribution < 1.29 is 27.4 Å². The monoisotopic (exact) mass is 430 g/mol. The molecule has 3 rings (SSSR count).